The normalized spacial score (nSPS) is 30.9. The standard InChI is InChI=1S/C14H21INOP/c1-14(15)6-2-12(10-17)13(3-7-14)11-4-8-16(18)9-5-11/h2-3,6-7,11,17H,4-5,8-10,18H2,1H3. The van der Waals surface area contributed by atoms with Crippen molar-refractivity contribution in [3.63, 3.8) is 0 Å². The molecule has 1 heterocycles. The number of hydrogen-bond donors (Lipinski definition) is 1. The summed E-state index contributed by atoms with van der Waals surface area (Å²) in [4.78, 5) is 0. The Balaban J connectivity index is 2.23. The molecule has 1 N–H and O–H groups in total. The van der Waals surface area contributed by atoms with Crippen LogP contribution in [0.5, 0.6) is 0 Å². The van der Waals surface area contributed by atoms with E-state index in [0.717, 1.165) is 18.7 Å². The van der Waals surface area contributed by atoms with Crippen LogP contribution in [-0.2, 0) is 0 Å². The Bertz CT molecular complexity index is 393. The van der Waals surface area contributed by atoms with Crippen molar-refractivity contribution >= 4 is 32.0 Å². The van der Waals surface area contributed by atoms with Crippen LogP contribution in [0.4, 0.5) is 0 Å². The number of halogens is 1. The molecule has 0 aromatic rings. The first-order chi connectivity index (χ1) is 8.52. The summed E-state index contributed by atoms with van der Waals surface area (Å²) in [5.74, 6) is 0.593. The summed E-state index contributed by atoms with van der Waals surface area (Å²) in [6, 6.07) is 0. The number of alkyl halides is 1. The number of aliphatic hydroxyl groups is 1. The van der Waals surface area contributed by atoms with Gasteiger partial charge in [-0.05, 0) is 36.8 Å². The van der Waals surface area contributed by atoms with Gasteiger partial charge in [-0.15, -0.1) is 0 Å². The maximum atomic E-state index is 9.58. The summed E-state index contributed by atoms with van der Waals surface area (Å²) in [6.07, 6.45) is 11.1. The summed E-state index contributed by atoms with van der Waals surface area (Å²) in [6.45, 7) is 4.57. The molecule has 2 nitrogen and oxygen atoms in total. The van der Waals surface area contributed by atoms with Crippen LogP contribution in [0.2, 0.25) is 0 Å². The Morgan fingerprint density at radius 1 is 1.39 bits per heavy atom. The van der Waals surface area contributed by atoms with Crippen LogP contribution in [0, 0.1) is 5.92 Å². The van der Waals surface area contributed by atoms with Gasteiger partial charge in [0.15, 0.2) is 0 Å². The molecule has 100 valence electrons. The molecular weight excluding hydrogens is 356 g/mol. The molecule has 0 amide bonds. The molecule has 2 rings (SSSR count). The van der Waals surface area contributed by atoms with E-state index in [1.54, 1.807) is 0 Å². The van der Waals surface area contributed by atoms with E-state index >= 15 is 0 Å². The van der Waals surface area contributed by atoms with Crippen molar-refractivity contribution in [2.45, 2.75) is 23.2 Å². The molecule has 1 aliphatic heterocycles. The Kier molecular flexibility index (Phi) is 5.04. The molecule has 4 heteroatoms. The van der Waals surface area contributed by atoms with Crippen molar-refractivity contribution in [3.8, 4) is 0 Å². The topological polar surface area (TPSA) is 23.5 Å². The van der Waals surface area contributed by atoms with Crippen molar-refractivity contribution in [1.29, 1.82) is 0 Å². The van der Waals surface area contributed by atoms with Crippen molar-refractivity contribution in [2.75, 3.05) is 19.7 Å². The Morgan fingerprint density at radius 2 is 2.00 bits per heavy atom. The van der Waals surface area contributed by atoms with E-state index in [9.17, 15) is 5.11 Å². The molecule has 0 saturated carbocycles. The molecule has 0 radical (unpaired) electrons. The smallest absolute Gasteiger partial charge is 0.0684 e. The monoisotopic (exact) mass is 377 g/mol. The van der Waals surface area contributed by atoms with Crippen LogP contribution in [0.3, 0.4) is 0 Å². The molecule has 1 fully saturated rings. The molecule has 0 bridgehead atoms. The van der Waals surface area contributed by atoms with E-state index in [1.807, 2.05) is 0 Å². The molecule has 0 spiro atoms. The molecule has 2 atom stereocenters. The summed E-state index contributed by atoms with van der Waals surface area (Å²) < 4.78 is 2.36. The Hall–Kier alpha value is 0.300. The van der Waals surface area contributed by atoms with Crippen LogP contribution >= 0.6 is 32.0 Å². The third-order valence-corrected chi connectivity index (χ3v) is 4.95. The third kappa shape index (κ3) is 3.66. The highest BCUT2D eigenvalue weighted by Gasteiger charge is 2.23. The van der Waals surface area contributed by atoms with Crippen LogP contribution in [0.25, 0.3) is 0 Å². The quantitative estimate of drug-likeness (QED) is 0.454. The fourth-order valence-corrected chi connectivity index (χ4v) is 3.19. The molecule has 1 saturated heterocycles. The van der Waals surface area contributed by atoms with Gasteiger partial charge in [0.05, 0.1) is 10.0 Å². The first kappa shape index (κ1) is 14.7. The van der Waals surface area contributed by atoms with Crippen molar-refractivity contribution < 1.29 is 5.11 Å². The van der Waals surface area contributed by atoms with Crippen molar-refractivity contribution in [2.24, 2.45) is 5.92 Å². The summed E-state index contributed by atoms with van der Waals surface area (Å²) in [5.41, 5.74) is 2.43. The van der Waals surface area contributed by atoms with Gasteiger partial charge in [0.2, 0.25) is 0 Å². The number of nitrogens with zero attached hydrogens (tertiary/aromatic N) is 1. The SMILES string of the molecule is CC1(I)C=CC(CO)=C(C2CCN(P)CC2)C=C1. The average Bonchev–Trinajstić information content (AvgIpc) is 2.49. The highest BCUT2D eigenvalue weighted by molar-refractivity contribution is 14.1. The minimum absolute atomic E-state index is 0.0568. The van der Waals surface area contributed by atoms with E-state index in [1.165, 1.54) is 18.4 Å². The number of rotatable bonds is 2. The average molecular weight is 377 g/mol. The van der Waals surface area contributed by atoms with Gasteiger partial charge in [0, 0.05) is 13.1 Å². The van der Waals surface area contributed by atoms with Gasteiger partial charge in [0.1, 0.15) is 0 Å². The van der Waals surface area contributed by atoms with E-state index < -0.39 is 0 Å². The van der Waals surface area contributed by atoms with Crippen LogP contribution in [0.1, 0.15) is 19.8 Å². The van der Waals surface area contributed by atoms with Crippen molar-refractivity contribution in [3.05, 3.63) is 35.5 Å². The lowest BCUT2D eigenvalue weighted by Gasteiger charge is -2.30. The van der Waals surface area contributed by atoms with Crippen LogP contribution < -0.4 is 0 Å². The van der Waals surface area contributed by atoms with Gasteiger partial charge in [-0.2, -0.15) is 0 Å². The summed E-state index contributed by atoms with van der Waals surface area (Å²) in [7, 11) is 2.79. The number of hydrogen-bond acceptors (Lipinski definition) is 2. The minimum Gasteiger partial charge on any atom is -0.392 e. The second-order valence-electron chi connectivity index (χ2n) is 5.27. The van der Waals surface area contributed by atoms with Crippen LogP contribution in [-0.4, -0.2) is 32.9 Å². The maximum absolute atomic E-state index is 9.58. The van der Waals surface area contributed by atoms with E-state index in [4.69, 9.17) is 0 Å². The van der Waals surface area contributed by atoms with Gasteiger partial charge in [0.25, 0.3) is 0 Å². The minimum atomic E-state index is 0.0568. The van der Waals surface area contributed by atoms with E-state index in [2.05, 4.69) is 67.9 Å². The number of allylic oxidation sites excluding steroid dienone is 4. The molecule has 2 aliphatic rings. The summed E-state index contributed by atoms with van der Waals surface area (Å²) >= 11 is 2.43. The first-order valence-electron chi connectivity index (χ1n) is 6.43. The van der Waals surface area contributed by atoms with E-state index in [-0.39, 0.29) is 10.0 Å². The lowest BCUT2D eigenvalue weighted by Crippen LogP contribution is -2.27. The maximum Gasteiger partial charge on any atom is 0.0684 e. The largest absolute Gasteiger partial charge is 0.392 e. The van der Waals surface area contributed by atoms with Gasteiger partial charge in [-0.3, -0.25) is 4.67 Å². The molecule has 0 aromatic heterocycles. The molecule has 18 heavy (non-hydrogen) atoms. The van der Waals surface area contributed by atoms with Gasteiger partial charge < -0.3 is 5.11 Å². The molecule has 2 unspecified atom stereocenters. The van der Waals surface area contributed by atoms with Gasteiger partial charge in [-0.1, -0.05) is 56.3 Å². The lowest BCUT2D eigenvalue weighted by molar-refractivity contribution is 0.311. The lowest BCUT2D eigenvalue weighted by atomic mass is 9.86. The Morgan fingerprint density at radius 3 is 2.61 bits per heavy atom. The fraction of sp³-hybridized carbons (Fsp3) is 0.571. The zero-order valence-corrected chi connectivity index (χ0v) is 14.1. The fourth-order valence-electron chi connectivity index (χ4n) is 2.53. The van der Waals surface area contributed by atoms with Crippen molar-refractivity contribution in [1.82, 2.24) is 4.67 Å². The second kappa shape index (κ2) is 6.17. The molecule has 0 aromatic carbocycles. The zero-order valence-electron chi connectivity index (χ0n) is 10.8. The predicted octanol–water partition coefficient (Wildman–Crippen LogP) is 3.10. The Labute approximate surface area is 126 Å². The highest BCUT2D eigenvalue weighted by atomic mass is 127. The number of aliphatic hydroxyl groups excluding tert-OH is 1. The summed E-state index contributed by atoms with van der Waals surface area (Å²) in [5, 5.41) is 9.58. The van der Waals surface area contributed by atoms with Gasteiger partial charge >= 0.3 is 0 Å². The predicted molar refractivity (Wildman–Crippen MR) is 88.8 cm³/mol. The van der Waals surface area contributed by atoms with Gasteiger partial charge in [-0.25, -0.2) is 0 Å². The first-order valence-corrected chi connectivity index (χ1v) is 8.02. The zero-order chi connectivity index (χ0) is 13.2. The third-order valence-electron chi connectivity index (χ3n) is 3.71. The second-order valence-corrected chi connectivity index (χ2v) is 8.32. The highest BCUT2D eigenvalue weighted by Crippen LogP contribution is 2.33. The number of piperidine rings is 1. The molecule has 1 aliphatic carbocycles. The van der Waals surface area contributed by atoms with E-state index in [0.29, 0.717) is 5.92 Å². The van der Waals surface area contributed by atoms with Crippen LogP contribution in [0.15, 0.2) is 35.5 Å². The molecular formula is C14H21INOP.